The molecule has 0 unspecified atom stereocenters. The molecule has 2 N–H and O–H groups in total. The van der Waals surface area contributed by atoms with Gasteiger partial charge in [0.1, 0.15) is 11.4 Å². The molecule has 1 aromatic heterocycles. The number of amides is 1. The van der Waals surface area contributed by atoms with Gasteiger partial charge in [0.25, 0.3) is 11.6 Å². The van der Waals surface area contributed by atoms with E-state index in [1.165, 1.54) is 18.2 Å². The highest BCUT2D eigenvalue weighted by Crippen LogP contribution is 2.22. The lowest BCUT2D eigenvalue weighted by atomic mass is 10.1. The Morgan fingerprint density at radius 3 is 2.75 bits per heavy atom. The third-order valence-electron chi connectivity index (χ3n) is 3.54. The van der Waals surface area contributed by atoms with E-state index in [1.807, 2.05) is 18.2 Å². The summed E-state index contributed by atoms with van der Waals surface area (Å²) in [6, 6.07) is 14.5. The van der Waals surface area contributed by atoms with Gasteiger partial charge in [0.15, 0.2) is 0 Å². The summed E-state index contributed by atoms with van der Waals surface area (Å²) in [4.78, 5) is 26.7. The number of pyridine rings is 1. The molecule has 120 valence electrons. The molecule has 1 amide bonds. The van der Waals surface area contributed by atoms with Crippen LogP contribution in [0.15, 0.2) is 54.6 Å². The number of nitro benzene ring substituents is 1. The number of rotatable bonds is 4. The van der Waals surface area contributed by atoms with E-state index in [9.17, 15) is 20.0 Å². The molecule has 0 atom stereocenters. The SMILES string of the molecule is O=C(NCc1cc([N+](=O)[O-])ccc1O)c1ccc2ccccc2n1. The lowest BCUT2D eigenvalue weighted by Gasteiger charge is -2.07. The number of benzene rings is 2. The monoisotopic (exact) mass is 323 g/mol. The van der Waals surface area contributed by atoms with Gasteiger partial charge in [0, 0.05) is 29.6 Å². The van der Waals surface area contributed by atoms with Crippen molar-refractivity contribution in [2.75, 3.05) is 0 Å². The zero-order valence-corrected chi connectivity index (χ0v) is 12.5. The standard InChI is InChI=1S/C17H13N3O4/c21-16-8-6-13(20(23)24)9-12(16)10-18-17(22)15-7-5-11-3-1-2-4-14(11)19-15/h1-9,21H,10H2,(H,18,22). The average molecular weight is 323 g/mol. The Bertz CT molecular complexity index is 940. The fourth-order valence-corrected chi connectivity index (χ4v) is 2.29. The molecule has 0 saturated heterocycles. The molecule has 3 aromatic rings. The normalized spacial score (nSPS) is 10.5. The van der Waals surface area contributed by atoms with Crippen molar-refractivity contribution in [1.29, 1.82) is 0 Å². The first-order valence-corrected chi connectivity index (χ1v) is 7.15. The summed E-state index contributed by atoms with van der Waals surface area (Å²) in [6.07, 6.45) is 0. The molecule has 0 spiro atoms. The van der Waals surface area contributed by atoms with Crippen LogP contribution in [0.1, 0.15) is 16.1 Å². The third kappa shape index (κ3) is 3.14. The van der Waals surface area contributed by atoms with Crippen LogP contribution in [0, 0.1) is 10.1 Å². The number of non-ortho nitro benzene ring substituents is 1. The minimum Gasteiger partial charge on any atom is -0.508 e. The summed E-state index contributed by atoms with van der Waals surface area (Å²) in [5, 5.41) is 24.1. The van der Waals surface area contributed by atoms with Crippen molar-refractivity contribution in [1.82, 2.24) is 10.3 Å². The summed E-state index contributed by atoms with van der Waals surface area (Å²) < 4.78 is 0. The Morgan fingerprint density at radius 1 is 1.17 bits per heavy atom. The van der Waals surface area contributed by atoms with Crippen LogP contribution < -0.4 is 5.32 Å². The number of phenols is 1. The van der Waals surface area contributed by atoms with Crippen LogP contribution in [-0.2, 0) is 6.54 Å². The second-order valence-electron chi connectivity index (χ2n) is 5.14. The molecule has 0 saturated carbocycles. The number of nitrogens with one attached hydrogen (secondary N) is 1. The number of carbonyl (C=O) groups excluding carboxylic acids is 1. The number of aromatic hydroxyl groups is 1. The Morgan fingerprint density at radius 2 is 1.96 bits per heavy atom. The number of hydrogen-bond acceptors (Lipinski definition) is 5. The Hall–Kier alpha value is -3.48. The molecular weight excluding hydrogens is 310 g/mol. The van der Waals surface area contributed by atoms with Gasteiger partial charge in [0.05, 0.1) is 10.4 Å². The largest absolute Gasteiger partial charge is 0.508 e. The van der Waals surface area contributed by atoms with Gasteiger partial charge in [-0.2, -0.15) is 0 Å². The number of aromatic nitrogens is 1. The first-order valence-electron chi connectivity index (χ1n) is 7.15. The Labute approximate surface area is 136 Å². The molecule has 3 rings (SSSR count). The van der Waals surface area contributed by atoms with Crippen molar-refractivity contribution < 1.29 is 14.8 Å². The number of hydrogen-bond donors (Lipinski definition) is 2. The van der Waals surface area contributed by atoms with Crippen molar-refractivity contribution in [3.63, 3.8) is 0 Å². The fourth-order valence-electron chi connectivity index (χ4n) is 2.29. The summed E-state index contributed by atoms with van der Waals surface area (Å²) in [5.74, 6) is -0.543. The molecule has 24 heavy (non-hydrogen) atoms. The van der Waals surface area contributed by atoms with Crippen molar-refractivity contribution in [2.24, 2.45) is 0 Å². The lowest BCUT2D eigenvalue weighted by Crippen LogP contribution is -2.23. The highest BCUT2D eigenvalue weighted by molar-refractivity contribution is 5.94. The molecule has 0 aliphatic rings. The van der Waals surface area contributed by atoms with Crippen molar-refractivity contribution >= 4 is 22.5 Å². The van der Waals surface area contributed by atoms with E-state index in [1.54, 1.807) is 18.2 Å². The zero-order valence-electron chi connectivity index (χ0n) is 12.5. The minimum absolute atomic E-state index is 0.0408. The number of carbonyl (C=O) groups is 1. The Balaban J connectivity index is 1.77. The van der Waals surface area contributed by atoms with Crippen LogP contribution in [0.2, 0.25) is 0 Å². The van der Waals surface area contributed by atoms with Gasteiger partial charge in [-0.05, 0) is 18.2 Å². The van der Waals surface area contributed by atoms with Crippen LogP contribution in [0.4, 0.5) is 5.69 Å². The van der Waals surface area contributed by atoms with Crippen LogP contribution >= 0.6 is 0 Å². The number of nitrogens with zero attached hydrogens (tertiary/aromatic N) is 2. The third-order valence-corrected chi connectivity index (χ3v) is 3.54. The molecule has 1 heterocycles. The minimum atomic E-state index is -0.560. The van der Waals surface area contributed by atoms with Gasteiger partial charge in [-0.3, -0.25) is 14.9 Å². The van der Waals surface area contributed by atoms with Crippen molar-refractivity contribution in [2.45, 2.75) is 6.54 Å². The molecular formula is C17H13N3O4. The number of para-hydroxylation sites is 1. The van der Waals surface area contributed by atoms with Crippen LogP contribution in [0.25, 0.3) is 10.9 Å². The molecule has 0 aliphatic carbocycles. The second kappa shape index (κ2) is 6.33. The van der Waals surface area contributed by atoms with E-state index >= 15 is 0 Å². The van der Waals surface area contributed by atoms with Gasteiger partial charge < -0.3 is 10.4 Å². The highest BCUT2D eigenvalue weighted by atomic mass is 16.6. The summed E-state index contributed by atoms with van der Waals surface area (Å²) >= 11 is 0. The van der Waals surface area contributed by atoms with E-state index < -0.39 is 10.8 Å². The lowest BCUT2D eigenvalue weighted by molar-refractivity contribution is -0.384. The van der Waals surface area contributed by atoms with Gasteiger partial charge >= 0.3 is 0 Å². The first-order chi connectivity index (χ1) is 11.5. The highest BCUT2D eigenvalue weighted by Gasteiger charge is 2.13. The molecule has 0 aliphatic heterocycles. The zero-order chi connectivity index (χ0) is 17.1. The summed E-state index contributed by atoms with van der Waals surface area (Å²) in [5.41, 5.74) is 1.04. The number of nitro groups is 1. The van der Waals surface area contributed by atoms with Crippen LogP contribution in [0.3, 0.4) is 0 Å². The maximum absolute atomic E-state index is 12.2. The molecule has 0 bridgehead atoms. The molecule has 7 heteroatoms. The quantitative estimate of drug-likeness (QED) is 0.567. The van der Waals surface area contributed by atoms with E-state index in [0.717, 1.165) is 5.39 Å². The molecule has 7 nitrogen and oxygen atoms in total. The number of fused-ring (bicyclic) bond motifs is 1. The topological polar surface area (TPSA) is 105 Å². The molecule has 2 aromatic carbocycles. The van der Waals surface area contributed by atoms with E-state index in [0.29, 0.717) is 5.52 Å². The Kier molecular flexibility index (Phi) is 4.07. The van der Waals surface area contributed by atoms with Gasteiger partial charge in [0.2, 0.25) is 0 Å². The van der Waals surface area contributed by atoms with E-state index in [-0.39, 0.29) is 29.2 Å². The van der Waals surface area contributed by atoms with Gasteiger partial charge in [-0.25, -0.2) is 4.98 Å². The maximum atomic E-state index is 12.2. The van der Waals surface area contributed by atoms with Gasteiger partial charge in [-0.1, -0.05) is 24.3 Å². The average Bonchev–Trinajstić information content (AvgIpc) is 2.60. The van der Waals surface area contributed by atoms with Gasteiger partial charge in [-0.15, -0.1) is 0 Å². The van der Waals surface area contributed by atoms with Crippen LogP contribution in [-0.4, -0.2) is 20.9 Å². The number of phenolic OH excluding ortho intramolecular Hbond substituents is 1. The predicted octanol–water partition coefficient (Wildman–Crippen LogP) is 2.78. The first kappa shape index (κ1) is 15.4. The summed E-state index contributed by atoms with van der Waals surface area (Å²) in [6.45, 7) is -0.0408. The van der Waals surface area contributed by atoms with Crippen molar-refractivity contribution in [3.8, 4) is 5.75 Å². The van der Waals surface area contributed by atoms with Crippen molar-refractivity contribution in [3.05, 3.63) is 76.0 Å². The molecule has 0 radical (unpaired) electrons. The van der Waals surface area contributed by atoms with E-state index in [2.05, 4.69) is 10.3 Å². The molecule has 0 fully saturated rings. The predicted molar refractivity (Wildman–Crippen MR) is 87.7 cm³/mol. The smallest absolute Gasteiger partial charge is 0.270 e. The fraction of sp³-hybridized carbons (Fsp3) is 0.0588. The van der Waals surface area contributed by atoms with E-state index in [4.69, 9.17) is 0 Å². The van der Waals surface area contributed by atoms with Crippen LogP contribution in [0.5, 0.6) is 5.75 Å². The second-order valence-corrected chi connectivity index (χ2v) is 5.14. The maximum Gasteiger partial charge on any atom is 0.270 e. The summed E-state index contributed by atoms with van der Waals surface area (Å²) in [7, 11) is 0.